The molecule has 4 amide bonds. The molecule has 0 radical (unpaired) electrons. The van der Waals surface area contributed by atoms with E-state index in [-0.39, 0.29) is 66.7 Å². The fraction of sp³-hybridized carbons (Fsp3) is 0.238. The van der Waals surface area contributed by atoms with E-state index in [0.29, 0.717) is 16.5 Å². The maximum Gasteiger partial charge on any atom is 0.524 e. The summed E-state index contributed by atoms with van der Waals surface area (Å²) in [6, 6.07) is 24.5. The molecule has 2 aliphatic heterocycles. The molecule has 0 unspecified atom stereocenters. The van der Waals surface area contributed by atoms with Gasteiger partial charge in [-0.3, -0.25) is 24.2 Å². The molecule has 3 N–H and O–H groups in total. The van der Waals surface area contributed by atoms with Crippen LogP contribution in [0, 0.1) is 6.92 Å². The molecular formula is C42H43N6O10PS. The van der Waals surface area contributed by atoms with E-state index in [4.69, 9.17) is 4.52 Å². The minimum Gasteiger partial charge on any atom is -0.404 e. The fourth-order valence-corrected chi connectivity index (χ4v) is 9.50. The Labute approximate surface area is 346 Å². The third-order valence-electron chi connectivity index (χ3n) is 10.4. The highest BCUT2D eigenvalue weighted by molar-refractivity contribution is 7.90. The minimum atomic E-state index is -4.85. The van der Waals surface area contributed by atoms with E-state index < -0.39 is 47.9 Å². The smallest absolute Gasteiger partial charge is 0.404 e. The summed E-state index contributed by atoms with van der Waals surface area (Å²) in [5.74, 6) is -1.41. The zero-order valence-electron chi connectivity index (χ0n) is 32.7. The van der Waals surface area contributed by atoms with E-state index in [1.54, 1.807) is 41.4 Å². The number of phosphoric ester groups is 1. The Morgan fingerprint density at radius 3 is 2.30 bits per heavy atom. The van der Waals surface area contributed by atoms with Crippen LogP contribution in [0.5, 0.6) is 5.75 Å². The van der Waals surface area contributed by atoms with Crippen molar-refractivity contribution >= 4 is 52.4 Å². The summed E-state index contributed by atoms with van der Waals surface area (Å²) in [6.45, 7) is 6.68. The van der Waals surface area contributed by atoms with E-state index in [2.05, 4.69) is 11.9 Å². The molecule has 2 aliphatic rings. The topological polar surface area (TPSA) is 199 Å². The fourth-order valence-electron chi connectivity index (χ4n) is 7.69. The van der Waals surface area contributed by atoms with Crippen molar-refractivity contribution in [2.75, 3.05) is 19.6 Å². The van der Waals surface area contributed by atoms with Crippen LogP contribution < -0.4 is 9.84 Å². The molecule has 0 spiro atoms. The predicted molar refractivity (Wildman–Crippen MR) is 221 cm³/mol. The number of benzene rings is 4. The number of ketones is 1. The first-order valence-electron chi connectivity index (χ1n) is 18.9. The summed E-state index contributed by atoms with van der Waals surface area (Å²) >= 11 is 0. The molecule has 0 saturated carbocycles. The first-order valence-corrected chi connectivity index (χ1v) is 21.9. The number of rotatable bonds is 13. The number of nitrogens with zero attached hydrogens (tertiary/aromatic N) is 5. The molecule has 18 heteroatoms. The minimum absolute atomic E-state index is 0.00272. The lowest BCUT2D eigenvalue weighted by atomic mass is 9.98. The van der Waals surface area contributed by atoms with Crippen molar-refractivity contribution in [1.82, 2.24) is 29.1 Å². The van der Waals surface area contributed by atoms with Crippen LogP contribution in [0.2, 0.25) is 0 Å². The number of Topliss-reactive ketones (excluding diaryl/α,β-unsaturated/α-hetero) is 1. The molecule has 4 aromatic carbocycles. The van der Waals surface area contributed by atoms with Gasteiger partial charge in [0.05, 0.1) is 23.5 Å². The summed E-state index contributed by atoms with van der Waals surface area (Å²) in [6.07, 6.45) is 1.74. The van der Waals surface area contributed by atoms with Crippen molar-refractivity contribution < 1.29 is 46.5 Å². The van der Waals surface area contributed by atoms with Crippen LogP contribution in [0.4, 0.5) is 4.79 Å². The Kier molecular flexibility index (Phi) is 11.8. The molecule has 0 bridgehead atoms. The standard InChI is InChI=1S/C42H43N6O10PS/c1-4-21-45-27-39(50)47-37(22-30-15-17-33(18-16-30)58-59(53,54)55)41(51)44(26-38(47)48(45)42(52)43-23-31-9-6-5-7-10-31)24-32-11-8-12-35-36(29(3)49)25-46(40(32)35)60(56,57)34-19-13-28(2)14-20-34/h4-20,25,37-38H,1,21-24,26-27H2,2-3H3,(H,43,52)(H2,53,54,55)/t37-,38-/m0/s1. The quantitative estimate of drug-likeness (QED) is 0.0850. The normalized spacial score (nSPS) is 17.4. The second-order valence-corrected chi connectivity index (χ2v) is 17.6. The number of carbonyl (C=O) groups excluding carboxylic acids is 4. The number of para-hydroxylation sites is 1. The van der Waals surface area contributed by atoms with E-state index >= 15 is 0 Å². The number of hydrogen-bond acceptors (Lipinski definition) is 9. The van der Waals surface area contributed by atoms with Gasteiger partial charge in [-0.1, -0.05) is 84.4 Å². The zero-order valence-corrected chi connectivity index (χ0v) is 34.5. The Morgan fingerprint density at radius 2 is 1.65 bits per heavy atom. The van der Waals surface area contributed by atoms with E-state index in [0.717, 1.165) is 15.1 Å². The van der Waals surface area contributed by atoms with Crippen molar-refractivity contribution in [3.05, 3.63) is 144 Å². The lowest BCUT2D eigenvalue weighted by Crippen LogP contribution is -2.76. The second kappa shape index (κ2) is 16.9. The van der Waals surface area contributed by atoms with Gasteiger partial charge in [0.1, 0.15) is 18.0 Å². The van der Waals surface area contributed by atoms with Gasteiger partial charge in [0.25, 0.3) is 10.0 Å². The van der Waals surface area contributed by atoms with Crippen molar-refractivity contribution in [2.45, 2.75) is 50.5 Å². The largest absolute Gasteiger partial charge is 0.524 e. The number of fused-ring (bicyclic) bond motifs is 2. The second-order valence-electron chi connectivity index (χ2n) is 14.6. The van der Waals surface area contributed by atoms with Crippen molar-refractivity contribution in [2.24, 2.45) is 0 Å². The van der Waals surface area contributed by atoms with Gasteiger partial charge >= 0.3 is 13.9 Å². The van der Waals surface area contributed by atoms with Gasteiger partial charge in [0.15, 0.2) is 5.78 Å². The summed E-state index contributed by atoms with van der Waals surface area (Å²) in [5.41, 5.74) is 2.95. The average molecular weight is 855 g/mol. The number of carbonyl (C=O) groups is 4. The van der Waals surface area contributed by atoms with Crippen LogP contribution in [0.25, 0.3) is 10.9 Å². The van der Waals surface area contributed by atoms with E-state index in [9.17, 15) is 41.9 Å². The highest BCUT2D eigenvalue weighted by atomic mass is 32.2. The molecule has 7 rings (SSSR count). The molecule has 2 fully saturated rings. The highest BCUT2D eigenvalue weighted by Crippen LogP contribution is 2.38. The SMILES string of the molecule is C=CCN1CC(=O)N2[C@@H](Cc3ccc(OP(=O)(O)O)cc3)C(=O)N(Cc3cccc4c(C(C)=O)cn(S(=O)(=O)c5ccc(C)cc5)c34)C[C@@H]2N1C(=O)NCc1ccccc1. The van der Waals surface area contributed by atoms with Crippen LogP contribution in [-0.4, -0.2) is 97.5 Å². The lowest BCUT2D eigenvalue weighted by molar-refractivity contribution is -0.189. The van der Waals surface area contributed by atoms with Crippen LogP contribution in [0.15, 0.2) is 121 Å². The number of hydrazine groups is 1. The molecule has 1 aromatic heterocycles. The molecule has 3 heterocycles. The number of aromatic nitrogens is 1. The summed E-state index contributed by atoms with van der Waals surface area (Å²) in [4.78, 5) is 77.6. The van der Waals surface area contributed by atoms with Gasteiger partial charge in [-0.2, -0.15) is 0 Å². The lowest BCUT2D eigenvalue weighted by Gasteiger charge is -2.55. The Bertz CT molecular complexity index is 2630. The molecule has 2 saturated heterocycles. The van der Waals surface area contributed by atoms with Gasteiger partial charge in [-0.15, -0.1) is 6.58 Å². The third-order valence-corrected chi connectivity index (χ3v) is 12.6. The van der Waals surface area contributed by atoms with E-state index in [1.807, 2.05) is 37.3 Å². The first kappa shape index (κ1) is 42.0. The predicted octanol–water partition coefficient (Wildman–Crippen LogP) is 4.60. The van der Waals surface area contributed by atoms with Gasteiger partial charge in [-0.25, -0.2) is 31.8 Å². The number of aryl methyl sites for hydroxylation is 1. The van der Waals surface area contributed by atoms with Crippen molar-refractivity contribution in [3.8, 4) is 5.75 Å². The van der Waals surface area contributed by atoms with Crippen LogP contribution >= 0.6 is 7.82 Å². The Hall–Kier alpha value is -6.10. The molecule has 312 valence electrons. The monoisotopic (exact) mass is 854 g/mol. The zero-order chi connectivity index (χ0) is 42.9. The molecule has 16 nitrogen and oxygen atoms in total. The van der Waals surface area contributed by atoms with Crippen LogP contribution in [0.3, 0.4) is 0 Å². The molecular weight excluding hydrogens is 812 g/mol. The van der Waals surface area contributed by atoms with Crippen LogP contribution in [0.1, 0.15) is 39.5 Å². The number of amides is 4. The van der Waals surface area contributed by atoms with Gasteiger partial charge in [-0.05, 0) is 54.8 Å². The molecule has 60 heavy (non-hydrogen) atoms. The Balaban J connectivity index is 1.32. The van der Waals surface area contributed by atoms with E-state index in [1.165, 1.54) is 64.3 Å². The number of hydrogen-bond donors (Lipinski definition) is 3. The number of piperazine rings is 1. The average Bonchev–Trinajstić information content (AvgIpc) is 3.62. The number of phosphoric acid groups is 1. The summed E-state index contributed by atoms with van der Waals surface area (Å²) in [7, 11) is -9.11. The maximum atomic E-state index is 14.8. The van der Waals surface area contributed by atoms with Crippen molar-refractivity contribution in [3.63, 3.8) is 0 Å². The van der Waals surface area contributed by atoms with Gasteiger partial charge in [0.2, 0.25) is 11.8 Å². The summed E-state index contributed by atoms with van der Waals surface area (Å²) in [5, 5.41) is 6.27. The van der Waals surface area contributed by atoms with Crippen molar-refractivity contribution in [1.29, 1.82) is 0 Å². The van der Waals surface area contributed by atoms with Gasteiger partial charge in [0, 0.05) is 43.2 Å². The molecule has 5 aromatic rings. The molecule has 2 atom stereocenters. The number of nitrogens with one attached hydrogen (secondary N) is 1. The number of urea groups is 1. The highest BCUT2D eigenvalue weighted by Gasteiger charge is 2.51. The third kappa shape index (κ3) is 8.62. The molecule has 0 aliphatic carbocycles. The Morgan fingerprint density at radius 1 is 0.950 bits per heavy atom. The van der Waals surface area contributed by atoms with Crippen LogP contribution in [-0.2, 0) is 43.7 Å². The first-order chi connectivity index (χ1) is 28.5. The van der Waals surface area contributed by atoms with Gasteiger partial charge < -0.3 is 19.6 Å². The summed E-state index contributed by atoms with van der Waals surface area (Å²) < 4.78 is 45.8. The maximum absolute atomic E-state index is 14.8.